The molecular formula is C11H22NO2+. The Balaban J connectivity index is 4.01. The predicted octanol–water partition coefficient (Wildman–Crippen LogP) is 1.59. The minimum atomic E-state index is -0.345. The van der Waals surface area contributed by atoms with Gasteiger partial charge in [-0.1, -0.05) is 6.58 Å². The van der Waals surface area contributed by atoms with Crippen LogP contribution in [-0.2, 0) is 9.53 Å². The summed E-state index contributed by atoms with van der Waals surface area (Å²) in [6.45, 7) is 8.12. The maximum Gasteiger partial charge on any atom is 0.330 e. The molecule has 0 aliphatic carbocycles. The molecule has 0 aliphatic heterocycles. The van der Waals surface area contributed by atoms with E-state index in [1.807, 2.05) is 0 Å². The lowest BCUT2D eigenvalue weighted by Gasteiger charge is -2.41. The fourth-order valence-electron chi connectivity index (χ4n) is 0.796. The van der Waals surface area contributed by atoms with Gasteiger partial charge in [-0.2, -0.15) is 0 Å². The first-order chi connectivity index (χ1) is 6.20. The third-order valence-electron chi connectivity index (χ3n) is 2.94. The molecule has 0 aromatic heterocycles. The van der Waals surface area contributed by atoms with Crippen LogP contribution < -0.4 is 0 Å². The van der Waals surface area contributed by atoms with Crippen LogP contribution in [0.4, 0.5) is 0 Å². The molecule has 82 valence electrons. The number of esters is 1. The van der Waals surface area contributed by atoms with Crippen molar-refractivity contribution in [2.45, 2.75) is 25.8 Å². The van der Waals surface area contributed by atoms with Gasteiger partial charge >= 0.3 is 5.97 Å². The van der Waals surface area contributed by atoms with Crippen LogP contribution in [0.3, 0.4) is 0 Å². The first-order valence-electron chi connectivity index (χ1n) is 4.81. The molecule has 0 aromatic rings. The summed E-state index contributed by atoms with van der Waals surface area (Å²) in [6.07, 6.45) is 2.04. The zero-order valence-electron chi connectivity index (χ0n) is 9.96. The summed E-state index contributed by atoms with van der Waals surface area (Å²) < 4.78 is 5.80. The molecule has 14 heavy (non-hydrogen) atoms. The van der Waals surface area contributed by atoms with E-state index in [2.05, 4.69) is 41.6 Å². The van der Waals surface area contributed by atoms with Crippen molar-refractivity contribution in [1.29, 1.82) is 0 Å². The molecule has 0 N–H and O–H groups in total. The Morgan fingerprint density at radius 3 is 2.29 bits per heavy atom. The second-order valence-electron chi connectivity index (χ2n) is 4.95. The van der Waals surface area contributed by atoms with E-state index in [1.54, 1.807) is 0 Å². The second-order valence-corrected chi connectivity index (χ2v) is 4.95. The summed E-state index contributed by atoms with van der Waals surface area (Å²) in [4.78, 5) is 10.8. The van der Waals surface area contributed by atoms with Crippen LogP contribution in [0.5, 0.6) is 0 Å². The monoisotopic (exact) mass is 200 g/mol. The van der Waals surface area contributed by atoms with Crippen molar-refractivity contribution in [1.82, 2.24) is 0 Å². The van der Waals surface area contributed by atoms with Gasteiger partial charge in [-0.3, -0.25) is 0 Å². The van der Waals surface area contributed by atoms with Crippen LogP contribution >= 0.6 is 0 Å². The van der Waals surface area contributed by atoms with Gasteiger partial charge < -0.3 is 9.22 Å². The number of hydrogen-bond acceptors (Lipinski definition) is 2. The van der Waals surface area contributed by atoms with E-state index in [9.17, 15) is 4.79 Å². The van der Waals surface area contributed by atoms with Gasteiger partial charge in [0.2, 0.25) is 0 Å². The summed E-state index contributed by atoms with van der Waals surface area (Å²) in [7, 11) is 6.40. The topological polar surface area (TPSA) is 26.3 Å². The molecule has 3 heteroatoms. The lowest BCUT2D eigenvalue weighted by molar-refractivity contribution is -0.920. The normalized spacial score (nSPS) is 12.4. The summed E-state index contributed by atoms with van der Waals surface area (Å²) in [5, 5.41) is 0. The number of rotatable bonds is 5. The average Bonchev–Trinajstić information content (AvgIpc) is 2.01. The highest BCUT2D eigenvalue weighted by molar-refractivity contribution is 5.81. The van der Waals surface area contributed by atoms with E-state index in [0.717, 1.165) is 10.9 Å². The first kappa shape index (κ1) is 13.2. The number of hydrogen-bond donors (Lipinski definition) is 0. The van der Waals surface area contributed by atoms with Gasteiger partial charge in [-0.25, -0.2) is 4.79 Å². The highest BCUT2D eigenvalue weighted by Gasteiger charge is 2.32. The Morgan fingerprint density at radius 2 is 1.93 bits per heavy atom. The zero-order chi connectivity index (χ0) is 11.4. The summed E-state index contributed by atoms with van der Waals surface area (Å²) in [5.74, 6) is -0.345. The van der Waals surface area contributed by atoms with Crippen molar-refractivity contribution in [2.75, 3.05) is 27.7 Å². The van der Waals surface area contributed by atoms with Gasteiger partial charge in [0, 0.05) is 12.5 Å². The number of nitrogens with zero attached hydrogens (tertiary/aromatic N) is 1. The number of ether oxygens (including phenoxy) is 1. The maximum absolute atomic E-state index is 10.8. The highest BCUT2D eigenvalue weighted by atomic mass is 16.5. The summed E-state index contributed by atoms with van der Waals surface area (Å²) >= 11 is 0. The van der Waals surface area contributed by atoms with Gasteiger partial charge in [0.05, 0.1) is 33.3 Å². The molecule has 0 spiro atoms. The molecule has 0 fully saturated rings. The van der Waals surface area contributed by atoms with Gasteiger partial charge in [0.25, 0.3) is 0 Å². The first-order valence-corrected chi connectivity index (χ1v) is 4.81. The van der Waals surface area contributed by atoms with Crippen molar-refractivity contribution in [3.8, 4) is 0 Å². The summed E-state index contributed by atoms with van der Waals surface area (Å²) in [5.41, 5.74) is 0.0987. The van der Waals surface area contributed by atoms with E-state index < -0.39 is 0 Å². The van der Waals surface area contributed by atoms with E-state index in [1.165, 1.54) is 6.08 Å². The van der Waals surface area contributed by atoms with E-state index in [-0.39, 0.29) is 11.5 Å². The molecule has 0 aliphatic rings. The molecule has 0 aromatic carbocycles. The van der Waals surface area contributed by atoms with Crippen LogP contribution in [0.25, 0.3) is 0 Å². The number of carbonyl (C=O) groups excluding carboxylic acids is 1. The van der Waals surface area contributed by atoms with Gasteiger partial charge in [0.1, 0.15) is 0 Å². The molecule has 0 saturated heterocycles. The molecule has 0 saturated carbocycles. The van der Waals surface area contributed by atoms with E-state index in [4.69, 9.17) is 4.74 Å². The zero-order valence-corrected chi connectivity index (χ0v) is 9.96. The largest absolute Gasteiger partial charge is 0.462 e. The van der Waals surface area contributed by atoms with Crippen molar-refractivity contribution < 1.29 is 14.0 Å². The van der Waals surface area contributed by atoms with Crippen LogP contribution in [0, 0.1) is 0 Å². The number of carbonyl (C=O) groups is 1. The minimum absolute atomic E-state index is 0.0987. The molecule has 0 bridgehead atoms. The standard InChI is InChI=1S/C11H22NO2/c1-7-10(13)14-9-8-11(2,3)12(4,5)6/h7H,1,8-9H2,2-6H3/q+1. The van der Waals surface area contributed by atoms with Gasteiger partial charge in [0.15, 0.2) is 0 Å². The second kappa shape index (κ2) is 4.60. The Hall–Kier alpha value is -0.830. The molecule has 0 amide bonds. The maximum atomic E-state index is 10.8. The minimum Gasteiger partial charge on any atom is -0.462 e. The molecule has 0 rings (SSSR count). The van der Waals surface area contributed by atoms with Gasteiger partial charge in [-0.05, 0) is 13.8 Å². The molecular weight excluding hydrogens is 178 g/mol. The van der Waals surface area contributed by atoms with Gasteiger partial charge in [-0.15, -0.1) is 0 Å². The molecule has 0 unspecified atom stereocenters. The van der Waals surface area contributed by atoms with Crippen molar-refractivity contribution in [2.24, 2.45) is 0 Å². The fourth-order valence-corrected chi connectivity index (χ4v) is 0.796. The molecule has 0 heterocycles. The van der Waals surface area contributed by atoms with Crippen molar-refractivity contribution >= 4 is 5.97 Å². The van der Waals surface area contributed by atoms with Crippen LogP contribution in [-0.4, -0.2) is 43.7 Å². The van der Waals surface area contributed by atoms with E-state index in [0.29, 0.717) is 6.61 Å². The summed E-state index contributed by atoms with van der Waals surface area (Å²) in [6, 6.07) is 0. The van der Waals surface area contributed by atoms with E-state index >= 15 is 0 Å². The van der Waals surface area contributed by atoms with Crippen molar-refractivity contribution in [3.63, 3.8) is 0 Å². The van der Waals surface area contributed by atoms with Crippen molar-refractivity contribution in [3.05, 3.63) is 12.7 Å². The quantitative estimate of drug-likeness (QED) is 0.383. The molecule has 0 radical (unpaired) electrons. The van der Waals surface area contributed by atoms with Crippen LogP contribution in [0.15, 0.2) is 12.7 Å². The SMILES string of the molecule is C=CC(=O)OCCC(C)(C)[N+](C)(C)C. The highest BCUT2D eigenvalue weighted by Crippen LogP contribution is 2.21. The van der Waals surface area contributed by atoms with Crippen LogP contribution in [0.2, 0.25) is 0 Å². The third kappa shape index (κ3) is 3.92. The predicted molar refractivity (Wildman–Crippen MR) is 57.9 cm³/mol. The smallest absolute Gasteiger partial charge is 0.330 e. The Labute approximate surface area is 86.9 Å². The fraction of sp³-hybridized carbons (Fsp3) is 0.727. The number of quaternary nitrogens is 1. The molecule has 0 atom stereocenters. The Morgan fingerprint density at radius 1 is 1.43 bits per heavy atom. The average molecular weight is 200 g/mol. The lowest BCUT2D eigenvalue weighted by atomic mass is 9.97. The lowest BCUT2D eigenvalue weighted by Crippen LogP contribution is -2.53. The third-order valence-corrected chi connectivity index (χ3v) is 2.94. The Bertz CT molecular complexity index is 214. The van der Waals surface area contributed by atoms with Crippen LogP contribution in [0.1, 0.15) is 20.3 Å². The Kier molecular flexibility index (Phi) is 4.33. The molecule has 3 nitrogen and oxygen atoms in total.